The monoisotopic (exact) mass is 283 g/mol. The quantitative estimate of drug-likeness (QED) is 0.607. The number of fused-ring (bicyclic) bond motifs is 2. The second-order valence-corrected chi connectivity index (χ2v) is 5.26. The molecule has 2 saturated heterocycles. The number of nitrogen functional groups attached to an aromatic ring is 1. The zero-order valence-electron chi connectivity index (χ0n) is 11.0. The van der Waals surface area contributed by atoms with Crippen molar-refractivity contribution < 1.29 is 19.7 Å². The molecule has 3 rings (SSSR count). The molecule has 2 fully saturated rings. The number of aliphatic hydroxyl groups excluding tert-OH is 2. The van der Waals surface area contributed by atoms with Gasteiger partial charge in [-0.15, -0.1) is 0 Å². The first kappa shape index (κ1) is 13.5. The van der Waals surface area contributed by atoms with Crippen molar-refractivity contribution >= 4 is 5.82 Å². The molecule has 0 aliphatic carbocycles. The van der Waals surface area contributed by atoms with Crippen molar-refractivity contribution in [3.8, 4) is 0 Å². The van der Waals surface area contributed by atoms with Crippen LogP contribution in [0.2, 0.25) is 0 Å². The summed E-state index contributed by atoms with van der Waals surface area (Å²) < 4.78 is 12.5. The van der Waals surface area contributed by atoms with E-state index in [1.807, 2.05) is 0 Å². The summed E-state index contributed by atoms with van der Waals surface area (Å²) in [5.41, 5.74) is 4.56. The first-order valence-electron chi connectivity index (χ1n) is 6.42. The summed E-state index contributed by atoms with van der Waals surface area (Å²) in [5, 5.41) is 19.7. The minimum absolute atomic E-state index is 0.158. The predicted octanol–water partition coefficient (Wildman–Crippen LogP) is -1.46. The largest absolute Gasteiger partial charge is 0.393 e. The second kappa shape index (κ2) is 4.52. The summed E-state index contributed by atoms with van der Waals surface area (Å²) in [5.74, 6) is 0.158. The minimum Gasteiger partial charge on any atom is -0.393 e. The first-order valence-corrected chi connectivity index (χ1v) is 6.42. The third-order valence-corrected chi connectivity index (χ3v) is 4.04. The van der Waals surface area contributed by atoms with Gasteiger partial charge in [0, 0.05) is 18.2 Å². The molecule has 8 nitrogen and oxygen atoms in total. The molecule has 3 heterocycles. The lowest BCUT2D eigenvalue weighted by atomic mass is 9.90. The number of anilines is 1. The third kappa shape index (κ3) is 1.76. The Hall–Kier alpha value is -1.48. The number of aryl methyl sites for hydroxylation is 1. The van der Waals surface area contributed by atoms with E-state index in [2.05, 4.69) is 4.98 Å². The Labute approximate surface area is 114 Å². The highest BCUT2D eigenvalue weighted by Gasteiger charge is 2.58. The van der Waals surface area contributed by atoms with Crippen molar-refractivity contribution in [2.75, 3.05) is 18.9 Å². The number of nitrogens with two attached hydrogens (primary N) is 1. The van der Waals surface area contributed by atoms with Crippen LogP contribution < -0.4 is 11.4 Å². The zero-order chi connectivity index (χ0) is 14.5. The molecular formula is C12H17N3O5. The standard InChI is InChI=1S/C12H17N3O5/c1-6-4-15(11(18)14-9(6)13)10-7-8(17)12(5-16,20-10)2-3-19-7/h4,7-8,10,16-17H,2-3,5H2,1H3,(H2,13,14,18)/t7?,8?,10-,12-/m1/s1. The zero-order valence-corrected chi connectivity index (χ0v) is 11.0. The maximum absolute atomic E-state index is 12.0. The van der Waals surface area contributed by atoms with E-state index < -0.39 is 29.7 Å². The topological polar surface area (TPSA) is 120 Å². The molecule has 1 aromatic heterocycles. The Bertz CT molecular complexity index is 589. The maximum atomic E-state index is 12.0. The molecule has 8 heteroatoms. The molecule has 4 atom stereocenters. The van der Waals surface area contributed by atoms with Gasteiger partial charge in [0.15, 0.2) is 6.23 Å². The lowest BCUT2D eigenvalue weighted by Gasteiger charge is -2.33. The van der Waals surface area contributed by atoms with E-state index in [0.29, 0.717) is 18.6 Å². The Morgan fingerprint density at radius 2 is 2.40 bits per heavy atom. The summed E-state index contributed by atoms with van der Waals surface area (Å²) in [7, 11) is 0. The molecular weight excluding hydrogens is 266 g/mol. The van der Waals surface area contributed by atoms with Crippen LogP contribution in [0.25, 0.3) is 0 Å². The van der Waals surface area contributed by atoms with Crippen LogP contribution in [0, 0.1) is 6.92 Å². The van der Waals surface area contributed by atoms with Gasteiger partial charge in [0.05, 0.1) is 13.2 Å². The van der Waals surface area contributed by atoms with E-state index in [1.54, 1.807) is 6.92 Å². The number of aromatic nitrogens is 2. The summed E-state index contributed by atoms with van der Waals surface area (Å²) in [6, 6.07) is 0. The molecule has 1 aromatic rings. The summed E-state index contributed by atoms with van der Waals surface area (Å²) in [4.78, 5) is 15.7. The molecule has 0 spiro atoms. The van der Waals surface area contributed by atoms with Crippen molar-refractivity contribution in [1.82, 2.24) is 9.55 Å². The van der Waals surface area contributed by atoms with Crippen LogP contribution in [-0.2, 0) is 9.47 Å². The van der Waals surface area contributed by atoms with Crippen LogP contribution >= 0.6 is 0 Å². The Kier molecular flexibility index (Phi) is 3.05. The number of aliphatic hydroxyl groups is 2. The van der Waals surface area contributed by atoms with Gasteiger partial charge in [-0.05, 0) is 6.92 Å². The average Bonchev–Trinajstić information content (AvgIpc) is 2.60. The fourth-order valence-electron chi connectivity index (χ4n) is 2.77. The molecule has 110 valence electrons. The highest BCUT2D eigenvalue weighted by molar-refractivity contribution is 5.35. The van der Waals surface area contributed by atoms with Crippen LogP contribution in [-0.4, -0.2) is 50.8 Å². The number of nitrogens with zero attached hydrogens (tertiary/aromatic N) is 2. The van der Waals surface area contributed by atoms with Gasteiger partial charge in [0.2, 0.25) is 0 Å². The van der Waals surface area contributed by atoms with Crippen molar-refractivity contribution in [1.29, 1.82) is 0 Å². The van der Waals surface area contributed by atoms with Crippen LogP contribution in [0.15, 0.2) is 11.0 Å². The van der Waals surface area contributed by atoms with Gasteiger partial charge in [-0.3, -0.25) is 4.57 Å². The first-order chi connectivity index (χ1) is 9.48. The van der Waals surface area contributed by atoms with Gasteiger partial charge in [-0.2, -0.15) is 4.98 Å². The van der Waals surface area contributed by atoms with Gasteiger partial charge < -0.3 is 25.4 Å². The van der Waals surface area contributed by atoms with E-state index in [9.17, 15) is 15.0 Å². The smallest absolute Gasteiger partial charge is 0.351 e. The van der Waals surface area contributed by atoms with Gasteiger partial charge in [0.1, 0.15) is 23.6 Å². The fourth-order valence-corrected chi connectivity index (χ4v) is 2.77. The Balaban J connectivity index is 2.04. The molecule has 0 amide bonds. The molecule has 2 unspecified atom stereocenters. The van der Waals surface area contributed by atoms with Crippen molar-refractivity contribution in [2.24, 2.45) is 0 Å². The van der Waals surface area contributed by atoms with Gasteiger partial charge in [0.25, 0.3) is 0 Å². The van der Waals surface area contributed by atoms with Crippen molar-refractivity contribution in [2.45, 2.75) is 37.4 Å². The number of hydrogen-bond acceptors (Lipinski definition) is 7. The van der Waals surface area contributed by atoms with E-state index in [-0.39, 0.29) is 12.4 Å². The minimum atomic E-state index is -1.08. The average molecular weight is 283 g/mol. The van der Waals surface area contributed by atoms with Gasteiger partial charge in [-0.25, -0.2) is 4.79 Å². The Morgan fingerprint density at radius 3 is 3.05 bits per heavy atom. The summed E-state index contributed by atoms with van der Waals surface area (Å²) >= 11 is 0. The van der Waals surface area contributed by atoms with Crippen LogP contribution in [0.4, 0.5) is 5.82 Å². The van der Waals surface area contributed by atoms with Crippen LogP contribution in [0.5, 0.6) is 0 Å². The predicted molar refractivity (Wildman–Crippen MR) is 67.9 cm³/mol. The van der Waals surface area contributed by atoms with Crippen LogP contribution in [0.1, 0.15) is 18.2 Å². The van der Waals surface area contributed by atoms with E-state index >= 15 is 0 Å². The summed E-state index contributed by atoms with van der Waals surface area (Å²) in [6.45, 7) is 1.74. The highest BCUT2D eigenvalue weighted by atomic mass is 16.6. The summed E-state index contributed by atoms with van der Waals surface area (Å²) in [6.07, 6.45) is -0.626. The molecule has 0 radical (unpaired) electrons. The van der Waals surface area contributed by atoms with Crippen molar-refractivity contribution in [3.63, 3.8) is 0 Å². The van der Waals surface area contributed by atoms with Gasteiger partial charge >= 0.3 is 5.69 Å². The highest BCUT2D eigenvalue weighted by Crippen LogP contribution is 2.43. The SMILES string of the molecule is Cc1cn([C@@H]2O[C@@]3(CO)CCOC2C3O)c(=O)nc1N. The molecule has 2 aliphatic rings. The van der Waals surface area contributed by atoms with Gasteiger partial charge in [-0.1, -0.05) is 0 Å². The van der Waals surface area contributed by atoms with E-state index in [0.717, 1.165) is 0 Å². The number of hydrogen-bond donors (Lipinski definition) is 3. The van der Waals surface area contributed by atoms with Crippen LogP contribution in [0.3, 0.4) is 0 Å². The van der Waals surface area contributed by atoms with Crippen molar-refractivity contribution in [3.05, 3.63) is 22.2 Å². The molecule has 0 aromatic carbocycles. The number of rotatable bonds is 2. The molecule has 2 bridgehead atoms. The second-order valence-electron chi connectivity index (χ2n) is 5.26. The molecule has 2 aliphatic heterocycles. The normalized spacial score (nSPS) is 36.2. The third-order valence-electron chi connectivity index (χ3n) is 4.04. The Morgan fingerprint density at radius 1 is 1.65 bits per heavy atom. The lowest BCUT2D eigenvalue weighted by Crippen LogP contribution is -2.51. The number of ether oxygens (including phenoxy) is 2. The molecule has 4 N–H and O–H groups in total. The van der Waals surface area contributed by atoms with E-state index in [1.165, 1.54) is 10.8 Å². The van der Waals surface area contributed by atoms with E-state index in [4.69, 9.17) is 15.2 Å². The molecule has 0 saturated carbocycles. The maximum Gasteiger partial charge on any atom is 0.351 e. The molecule has 20 heavy (non-hydrogen) atoms. The fraction of sp³-hybridized carbons (Fsp3) is 0.667. The lowest BCUT2D eigenvalue weighted by molar-refractivity contribution is -0.144.